The van der Waals surface area contributed by atoms with E-state index in [0.29, 0.717) is 5.71 Å². The van der Waals surface area contributed by atoms with Crippen molar-refractivity contribution in [3.05, 3.63) is 41.2 Å². The van der Waals surface area contributed by atoms with E-state index < -0.39 is 0 Å². The Labute approximate surface area is 91.5 Å². The van der Waals surface area contributed by atoms with Crippen molar-refractivity contribution in [2.75, 3.05) is 0 Å². The van der Waals surface area contributed by atoms with Gasteiger partial charge in [0.15, 0.2) is 0 Å². The molecular weight excluding hydrogens is 202 g/mol. The summed E-state index contributed by atoms with van der Waals surface area (Å²) in [6.07, 6.45) is 6.68. The molecule has 0 unspecified atom stereocenters. The Kier molecular flexibility index (Phi) is 1.74. The summed E-state index contributed by atoms with van der Waals surface area (Å²) in [5, 5.41) is 19.3. The fourth-order valence-electron chi connectivity index (χ4n) is 1.98. The molecule has 0 saturated heterocycles. The van der Waals surface area contributed by atoms with Gasteiger partial charge in [0.2, 0.25) is 0 Å². The summed E-state index contributed by atoms with van der Waals surface area (Å²) in [6, 6.07) is 5.25. The largest absolute Gasteiger partial charge is 0.507 e. The maximum Gasteiger partial charge on any atom is 0.124 e. The van der Waals surface area contributed by atoms with Gasteiger partial charge in [0.25, 0.3) is 0 Å². The van der Waals surface area contributed by atoms with Crippen LogP contribution in [0, 0.1) is 5.41 Å². The quantitative estimate of drug-likeness (QED) is 0.745. The van der Waals surface area contributed by atoms with Crippen LogP contribution in [0.2, 0.25) is 0 Å². The summed E-state index contributed by atoms with van der Waals surface area (Å²) in [7, 11) is 0. The van der Waals surface area contributed by atoms with E-state index in [-0.39, 0.29) is 5.75 Å². The number of benzene rings is 1. The average molecular weight is 211 g/mol. The molecule has 3 heteroatoms. The van der Waals surface area contributed by atoms with Gasteiger partial charge in [0.05, 0.1) is 18.2 Å². The van der Waals surface area contributed by atoms with Gasteiger partial charge in [-0.05, 0) is 34.7 Å². The molecule has 0 fully saturated rings. The monoisotopic (exact) mass is 211 g/mol. The van der Waals surface area contributed by atoms with Gasteiger partial charge in [-0.3, -0.25) is 0 Å². The normalized spacial score (nSPS) is 13.1. The highest BCUT2D eigenvalue weighted by Crippen LogP contribution is 2.24. The van der Waals surface area contributed by atoms with Crippen LogP contribution >= 0.6 is 0 Å². The molecule has 3 nitrogen and oxygen atoms in total. The Balaban J connectivity index is 2.45. The number of furan rings is 1. The lowest BCUT2D eigenvalue weighted by Crippen LogP contribution is -2.23. The molecule has 0 bridgehead atoms. The van der Waals surface area contributed by atoms with E-state index in [0.717, 1.165) is 21.6 Å². The second kappa shape index (κ2) is 3.10. The molecule has 0 spiro atoms. The minimum atomic E-state index is 0.208. The van der Waals surface area contributed by atoms with Gasteiger partial charge in [-0.15, -0.1) is 0 Å². The summed E-state index contributed by atoms with van der Waals surface area (Å²) in [6.45, 7) is 0. The van der Waals surface area contributed by atoms with Crippen molar-refractivity contribution < 1.29 is 9.52 Å². The van der Waals surface area contributed by atoms with E-state index in [4.69, 9.17) is 9.83 Å². The molecule has 3 rings (SSSR count). The van der Waals surface area contributed by atoms with E-state index in [1.807, 2.05) is 6.07 Å². The number of nitrogens with one attached hydrogen (secondary N) is 1. The molecule has 1 aliphatic rings. The Morgan fingerprint density at radius 3 is 2.75 bits per heavy atom. The number of aromatic hydroxyl groups is 1. The Bertz CT molecular complexity index is 681. The average Bonchev–Trinajstić information content (AvgIpc) is 2.85. The van der Waals surface area contributed by atoms with E-state index in [1.165, 1.54) is 0 Å². The van der Waals surface area contributed by atoms with Crippen molar-refractivity contribution in [1.82, 2.24) is 0 Å². The summed E-state index contributed by atoms with van der Waals surface area (Å²) in [5.74, 6) is 0.208. The minimum Gasteiger partial charge on any atom is -0.507 e. The lowest BCUT2D eigenvalue weighted by atomic mass is 10.0. The second-order valence-electron chi connectivity index (χ2n) is 3.72. The van der Waals surface area contributed by atoms with Crippen molar-refractivity contribution in [2.24, 2.45) is 0 Å². The van der Waals surface area contributed by atoms with Crippen LogP contribution in [0.25, 0.3) is 23.3 Å². The molecule has 1 heterocycles. The first-order chi connectivity index (χ1) is 7.75. The van der Waals surface area contributed by atoms with Gasteiger partial charge in [-0.1, -0.05) is 6.07 Å². The first-order valence-electron chi connectivity index (χ1n) is 4.92. The first-order valence-corrected chi connectivity index (χ1v) is 4.92. The highest BCUT2D eigenvalue weighted by atomic mass is 16.3. The SMILES string of the molecule is N=C1C=c2ccc(O)c(-c3ccoc3)c2=C1. The zero-order valence-electron chi connectivity index (χ0n) is 8.40. The Hall–Kier alpha value is -2.29. The van der Waals surface area contributed by atoms with Gasteiger partial charge < -0.3 is 14.9 Å². The minimum absolute atomic E-state index is 0.208. The number of hydrogen-bond acceptors (Lipinski definition) is 3. The topological polar surface area (TPSA) is 57.2 Å². The van der Waals surface area contributed by atoms with Crippen LogP contribution in [-0.2, 0) is 0 Å². The summed E-state index contributed by atoms with van der Waals surface area (Å²) >= 11 is 0. The molecule has 0 radical (unpaired) electrons. The lowest BCUT2D eigenvalue weighted by Gasteiger charge is -2.01. The van der Waals surface area contributed by atoms with Crippen molar-refractivity contribution in [3.8, 4) is 16.9 Å². The molecule has 0 amide bonds. The summed E-state index contributed by atoms with van der Waals surface area (Å²) < 4.78 is 5.02. The third kappa shape index (κ3) is 1.18. The highest BCUT2D eigenvalue weighted by Gasteiger charge is 2.11. The summed E-state index contributed by atoms with van der Waals surface area (Å²) in [4.78, 5) is 0. The van der Waals surface area contributed by atoms with Gasteiger partial charge in [0, 0.05) is 11.1 Å². The predicted octanol–water partition coefficient (Wildman–Crippen LogP) is 1.25. The zero-order valence-corrected chi connectivity index (χ0v) is 8.40. The lowest BCUT2D eigenvalue weighted by molar-refractivity contribution is 0.476. The molecule has 2 N–H and O–H groups in total. The van der Waals surface area contributed by atoms with Crippen LogP contribution in [0.15, 0.2) is 35.1 Å². The second-order valence-corrected chi connectivity index (χ2v) is 3.72. The fraction of sp³-hybridized carbons (Fsp3) is 0. The van der Waals surface area contributed by atoms with Gasteiger partial charge in [-0.25, -0.2) is 0 Å². The van der Waals surface area contributed by atoms with Crippen LogP contribution in [0.1, 0.15) is 0 Å². The summed E-state index contributed by atoms with van der Waals surface area (Å²) in [5.41, 5.74) is 2.00. The molecule has 2 aromatic rings. The van der Waals surface area contributed by atoms with Gasteiger partial charge in [0.1, 0.15) is 5.75 Å². The van der Waals surface area contributed by atoms with Crippen molar-refractivity contribution >= 4 is 17.9 Å². The number of fused-ring (bicyclic) bond motifs is 1. The smallest absolute Gasteiger partial charge is 0.124 e. The van der Waals surface area contributed by atoms with Crippen LogP contribution in [0.3, 0.4) is 0 Å². The van der Waals surface area contributed by atoms with Crippen molar-refractivity contribution in [2.45, 2.75) is 0 Å². The maximum absolute atomic E-state index is 9.89. The van der Waals surface area contributed by atoms with Crippen LogP contribution in [-0.4, -0.2) is 10.8 Å². The molecule has 1 aromatic carbocycles. The highest BCUT2D eigenvalue weighted by molar-refractivity contribution is 6.28. The Morgan fingerprint density at radius 2 is 2.00 bits per heavy atom. The van der Waals surface area contributed by atoms with E-state index >= 15 is 0 Å². The number of phenolic OH excluding ortho intramolecular Hbond substituents is 1. The van der Waals surface area contributed by atoms with Crippen molar-refractivity contribution in [3.63, 3.8) is 0 Å². The van der Waals surface area contributed by atoms with Crippen LogP contribution in [0.5, 0.6) is 5.75 Å². The number of phenols is 1. The molecule has 16 heavy (non-hydrogen) atoms. The molecule has 1 aromatic heterocycles. The number of hydrogen-bond donors (Lipinski definition) is 2. The number of rotatable bonds is 1. The third-order valence-corrected chi connectivity index (χ3v) is 2.68. The van der Waals surface area contributed by atoms with E-state index in [1.54, 1.807) is 36.8 Å². The Morgan fingerprint density at radius 1 is 1.12 bits per heavy atom. The molecule has 0 saturated carbocycles. The van der Waals surface area contributed by atoms with Gasteiger partial charge in [-0.2, -0.15) is 0 Å². The van der Waals surface area contributed by atoms with Crippen LogP contribution < -0.4 is 10.4 Å². The molecule has 1 aliphatic carbocycles. The fourth-order valence-corrected chi connectivity index (χ4v) is 1.98. The first kappa shape index (κ1) is 8.97. The zero-order chi connectivity index (χ0) is 11.1. The predicted molar refractivity (Wildman–Crippen MR) is 61.7 cm³/mol. The standard InChI is InChI=1S/C13H9NO2/c14-10-5-8-1-2-12(15)13(11(8)6-10)9-3-4-16-7-9/h1-7,14-15H. The van der Waals surface area contributed by atoms with E-state index in [9.17, 15) is 5.11 Å². The van der Waals surface area contributed by atoms with Crippen molar-refractivity contribution in [1.29, 1.82) is 5.41 Å². The maximum atomic E-state index is 9.89. The molecule has 78 valence electrons. The van der Waals surface area contributed by atoms with Crippen LogP contribution in [0.4, 0.5) is 0 Å². The third-order valence-electron chi connectivity index (χ3n) is 2.68. The van der Waals surface area contributed by atoms with Gasteiger partial charge >= 0.3 is 0 Å². The molecular formula is C13H9NO2. The molecule has 0 atom stereocenters. The van der Waals surface area contributed by atoms with E-state index in [2.05, 4.69) is 0 Å². The molecule has 0 aliphatic heterocycles.